The Morgan fingerprint density at radius 2 is 2.04 bits per heavy atom. The van der Waals surface area contributed by atoms with Crippen molar-refractivity contribution in [2.24, 2.45) is 0 Å². The summed E-state index contributed by atoms with van der Waals surface area (Å²) in [7, 11) is 0. The van der Waals surface area contributed by atoms with Gasteiger partial charge in [-0.3, -0.25) is 14.6 Å². The first kappa shape index (κ1) is 19.5. The molecule has 2 heterocycles. The Morgan fingerprint density at radius 1 is 1.25 bits per heavy atom. The van der Waals surface area contributed by atoms with E-state index in [9.17, 15) is 23.2 Å². The third kappa shape index (κ3) is 4.71. The SMILES string of the molecule is Cc1[nH]c(=O)[nH]c(=O)c1Cc1nnc(SCC(=O)Nc2ccc(F)cc2F)o1. The number of H-pyrrole nitrogens is 2. The summed E-state index contributed by atoms with van der Waals surface area (Å²) >= 11 is 0.906. The molecule has 1 amide bonds. The second-order valence-electron chi connectivity index (χ2n) is 5.61. The van der Waals surface area contributed by atoms with Crippen LogP contribution in [0.4, 0.5) is 14.5 Å². The van der Waals surface area contributed by atoms with Crippen LogP contribution >= 0.6 is 11.8 Å². The van der Waals surface area contributed by atoms with Crippen LogP contribution < -0.4 is 16.6 Å². The van der Waals surface area contributed by atoms with Crippen LogP contribution in [0.15, 0.2) is 37.4 Å². The summed E-state index contributed by atoms with van der Waals surface area (Å²) in [4.78, 5) is 39.5. The van der Waals surface area contributed by atoms with Gasteiger partial charge in [-0.2, -0.15) is 0 Å². The van der Waals surface area contributed by atoms with E-state index in [-0.39, 0.29) is 34.5 Å². The fraction of sp³-hybridized carbons (Fsp3) is 0.188. The average molecular weight is 409 g/mol. The van der Waals surface area contributed by atoms with E-state index in [0.29, 0.717) is 11.8 Å². The van der Waals surface area contributed by atoms with Gasteiger partial charge in [0.1, 0.15) is 11.6 Å². The molecule has 0 saturated heterocycles. The van der Waals surface area contributed by atoms with Gasteiger partial charge >= 0.3 is 5.69 Å². The fourth-order valence-corrected chi connectivity index (χ4v) is 2.84. The van der Waals surface area contributed by atoms with E-state index >= 15 is 0 Å². The van der Waals surface area contributed by atoms with Crippen molar-refractivity contribution in [3.63, 3.8) is 0 Å². The Balaban J connectivity index is 1.60. The van der Waals surface area contributed by atoms with Gasteiger partial charge in [0.15, 0.2) is 0 Å². The molecule has 0 aliphatic carbocycles. The number of thioether (sulfide) groups is 1. The molecule has 0 spiro atoms. The monoisotopic (exact) mass is 409 g/mol. The molecular formula is C16H13F2N5O4S. The Hall–Kier alpha value is -3.28. The second kappa shape index (κ2) is 8.17. The van der Waals surface area contributed by atoms with Crippen molar-refractivity contribution in [2.45, 2.75) is 18.6 Å². The van der Waals surface area contributed by atoms with E-state index in [2.05, 4.69) is 25.5 Å². The maximum absolute atomic E-state index is 13.5. The highest BCUT2D eigenvalue weighted by Gasteiger charge is 2.14. The molecule has 1 aromatic carbocycles. The first-order chi connectivity index (χ1) is 13.3. The van der Waals surface area contributed by atoms with Gasteiger partial charge in [0, 0.05) is 17.3 Å². The number of aromatic amines is 2. The summed E-state index contributed by atoms with van der Waals surface area (Å²) in [5.74, 6) is -2.23. The molecule has 28 heavy (non-hydrogen) atoms. The Bertz CT molecular complexity index is 1140. The summed E-state index contributed by atoms with van der Waals surface area (Å²) in [6.07, 6.45) is -0.00149. The van der Waals surface area contributed by atoms with Crippen molar-refractivity contribution in [1.29, 1.82) is 0 Å². The highest BCUT2D eigenvalue weighted by atomic mass is 32.2. The Kier molecular flexibility index (Phi) is 5.68. The predicted molar refractivity (Wildman–Crippen MR) is 95.2 cm³/mol. The first-order valence-electron chi connectivity index (χ1n) is 7.84. The molecule has 3 rings (SSSR count). The molecular weight excluding hydrogens is 396 g/mol. The van der Waals surface area contributed by atoms with Gasteiger partial charge in [0.25, 0.3) is 10.8 Å². The van der Waals surface area contributed by atoms with Gasteiger partial charge in [-0.25, -0.2) is 13.6 Å². The maximum atomic E-state index is 13.5. The summed E-state index contributed by atoms with van der Waals surface area (Å²) in [5, 5.41) is 9.92. The average Bonchev–Trinajstić information content (AvgIpc) is 3.06. The van der Waals surface area contributed by atoms with Crippen molar-refractivity contribution < 1.29 is 18.0 Å². The van der Waals surface area contributed by atoms with E-state index in [1.165, 1.54) is 0 Å². The van der Waals surface area contributed by atoms with Crippen LogP contribution in [0.3, 0.4) is 0 Å². The molecule has 0 aliphatic heterocycles. The standard InChI is InChI=1S/C16H13F2N5O4S/c1-7-9(14(25)21-15(26)19-7)5-13-22-23-16(27-13)28-6-12(24)20-11-3-2-8(17)4-10(11)18/h2-4H,5-6H2,1H3,(H,20,24)(H2,19,21,25,26). The minimum Gasteiger partial charge on any atom is -0.416 e. The molecule has 0 unspecified atom stereocenters. The van der Waals surface area contributed by atoms with E-state index in [4.69, 9.17) is 4.42 Å². The number of hydrogen-bond acceptors (Lipinski definition) is 7. The molecule has 2 aromatic heterocycles. The first-order valence-corrected chi connectivity index (χ1v) is 8.82. The van der Waals surface area contributed by atoms with Crippen LogP contribution in [0.5, 0.6) is 0 Å². The van der Waals surface area contributed by atoms with Crippen LogP contribution in [0.25, 0.3) is 0 Å². The summed E-state index contributed by atoms with van der Waals surface area (Å²) < 4.78 is 31.7. The number of benzene rings is 1. The number of nitrogens with zero attached hydrogens (tertiary/aromatic N) is 2. The lowest BCUT2D eigenvalue weighted by molar-refractivity contribution is -0.113. The van der Waals surface area contributed by atoms with Crippen molar-refractivity contribution >= 4 is 23.4 Å². The predicted octanol–water partition coefficient (Wildman–Crippen LogP) is 1.35. The van der Waals surface area contributed by atoms with Crippen LogP contribution in [-0.2, 0) is 11.2 Å². The minimum atomic E-state index is -0.889. The van der Waals surface area contributed by atoms with Gasteiger partial charge < -0.3 is 14.7 Å². The van der Waals surface area contributed by atoms with E-state index in [1.54, 1.807) is 6.92 Å². The molecule has 146 valence electrons. The number of aryl methyl sites for hydroxylation is 1. The maximum Gasteiger partial charge on any atom is 0.325 e. The van der Waals surface area contributed by atoms with Crippen molar-refractivity contribution in [2.75, 3.05) is 11.1 Å². The Morgan fingerprint density at radius 3 is 2.75 bits per heavy atom. The highest BCUT2D eigenvalue weighted by molar-refractivity contribution is 7.99. The topological polar surface area (TPSA) is 134 Å². The number of carbonyl (C=O) groups excluding carboxylic acids is 1. The lowest BCUT2D eigenvalue weighted by Gasteiger charge is -2.05. The molecule has 9 nitrogen and oxygen atoms in total. The highest BCUT2D eigenvalue weighted by Crippen LogP contribution is 2.19. The van der Waals surface area contributed by atoms with Crippen molar-refractivity contribution in [3.05, 3.63) is 67.8 Å². The number of nitrogens with one attached hydrogen (secondary N) is 3. The molecule has 3 N–H and O–H groups in total. The van der Waals surface area contributed by atoms with Crippen LogP contribution in [0.2, 0.25) is 0 Å². The number of amides is 1. The van der Waals surface area contributed by atoms with Crippen LogP contribution in [-0.4, -0.2) is 31.8 Å². The normalized spacial score (nSPS) is 10.8. The quantitative estimate of drug-likeness (QED) is 0.523. The smallest absolute Gasteiger partial charge is 0.325 e. The summed E-state index contributed by atoms with van der Waals surface area (Å²) in [6.45, 7) is 1.57. The minimum absolute atomic E-state index is 0.00149. The van der Waals surface area contributed by atoms with Gasteiger partial charge in [0.05, 0.1) is 17.9 Å². The number of rotatable bonds is 6. The van der Waals surface area contributed by atoms with Gasteiger partial charge in [0.2, 0.25) is 11.8 Å². The van der Waals surface area contributed by atoms with E-state index in [1.807, 2.05) is 0 Å². The number of carbonyl (C=O) groups is 1. The molecule has 0 radical (unpaired) electrons. The molecule has 0 fully saturated rings. The van der Waals surface area contributed by atoms with E-state index < -0.39 is 28.8 Å². The number of anilines is 1. The molecule has 3 aromatic rings. The Labute approximate surface area is 159 Å². The molecule has 0 atom stereocenters. The van der Waals surface area contributed by atoms with Crippen molar-refractivity contribution in [1.82, 2.24) is 20.2 Å². The zero-order valence-corrected chi connectivity index (χ0v) is 15.2. The van der Waals surface area contributed by atoms with Crippen LogP contribution in [0.1, 0.15) is 17.1 Å². The van der Waals surface area contributed by atoms with Gasteiger partial charge in [-0.15, -0.1) is 10.2 Å². The number of aromatic nitrogens is 4. The third-order valence-corrected chi connectivity index (χ3v) is 4.38. The third-order valence-electron chi connectivity index (χ3n) is 3.56. The van der Waals surface area contributed by atoms with Crippen molar-refractivity contribution in [3.8, 4) is 0 Å². The lowest BCUT2D eigenvalue weighted by atomic mass is 10.2. The lowest BCUT2D eigenvalue weighted by Crippen LogP contribution is -2.27. The van der Waals surface area contributed by atoms with Gasteiger partial charge in [-0.05, 0) is 19.1 Å². The molecule has 0 saturated carbocycles. The summed E-state index contributed by atoms with van der Waals surface area (Å²) in [5.41, 5.74) is -0.678. The number of halogens is 2. The molecule has 0 bridgehead atoms. The zero-order chi connectivity index (χ0) is 20.3. The van der Waals surface area contributed by atoms with Gasteiger partial charge in [-0.1, -0.05) is 11.8 Å². The molecule has 0 aliphatic rings. The van der Waals surface area contributed by atoms with Crippen LogP contribution in [0, 0.1) is 18.6 Å². The largest absolute Gasteiger partial charge is 0.416 e. The fourth-order valence-electron chi connectivity index (χ4n) is 2.26. The number of hydrogen-bond donors (Lipinski definition) is 3. The zero-order valence-electron chi connectivity index (χ0n) is 14.3. The van der Waals surface area contributed by atoms with E-state index in [0.717, 1.165) is 23.9 Å². The second-order valence-corrected chi connectivity index (χ2v) is 6.54. The summed E-state index contributed by atoms with van der Waals surface area (Å²) in [6, 6.07) is 2.80. The molecule has 12 heteroatoms.